The van der Waals surface area contributed by atoms with Gasteiger partial charge in [0, 0.05) is 10.0 Å². The van der Waals surface area contributed by atoms with Gasteiger partial charge in [-0.05, 0) is 105 Å². The Morgan fingerprint density at radius 3 is 1.36 bits per heavy atom. The van der Waals surface area contributed by atoms with Crippen molar-refractivity contribution in [2.24, 2.45) is 0 Å². The average molecular weight is 1240 g/mol. The zero-order valence-corrected chi connectivity index (χ0v) is 45.8. The van der Waals surface area contributed by atoms with Crippen molar-refractivity contribution >= 4 is 39.1 Å². The van der Waals surface area contributed by atoms with Crippen LogP contribution < -0.4 is 41.2 Å². The lowest BCUT2D eigenvalue weighted by Crippen LogP contribution is -2.30. The Bertz CT molecular complexity index is 4230. The highest BCUT2D eigenvalue weighted by atomic mass is 79.9. The SMILES string of the molecule is COc1ccc(Cn2nc(Cn3cnc(C(F)(F)F)c(Oc4cc(Cl)cc(C#N)c4)c3=O)cc(-c3ccccc3)c2=O)cc1.COc1ccc(Cn2nc(Cn3cnc(C(F)(F)F)c(Oc4cc(Cl)cc(C#N)c4)c3=O)cc(Br)c2=O)cc1. The van der Waals surface area contributed by atoms with Crippen molar-refractivity contribution in [3.63, 3.8) is 0 Å². The van der Waals surface area contributed by atoms with E-state index >= 15 is 0 Å². The van der Waals surface area contributed by atoms with Crippen molar-refractivity contribution in [3.8, 4) is 57.8 Å². The molecule has 0 N–H and O–H groups in total. The van der Waals surface area contributed by atoms with Crippen LogP contribution in [-0.2, 0) is 38.5 Å². The molecular weight excluding hydrogens is 1210 g/mol. The van der Waals surface area contributed by atoms with Crippen molar-refractivity contribution in [3.05, 3.63) is 241 Å². The van der Waals surface area contributed by atoms with Gasteiger partial charge in [0.15, 0.2) is 11.4 Å². The van der Waals surface area contributed by atoms with Gasteiger partial charge >= 0.3 is 12.4 Å². The minimum atomic E-state index is -5.03. The summed E-state index contributed by atoms with van der Waals surface area (Å²) in [7, 11) is 3.05. The molecule has 0 bridgehead atoms. The molecule has 0 atom stereocenters. The van der Waals surface area contributed by atoms with Gasteiger partial charge in [0.1, 0.15) is 23.0 Å². The Hall–Kier alpha value is -9.56. The second kappa shape index (κ2) is 25.5. The molecule has 0 amide bonds. The number of rotatable bonds is 15. The minimum Gasteiger partial charge on any atom is -0.497 e. The fourth-order valence-corrected chi connectivity index (χ4v) is 8.79. The zero-order chi connectivity index (χ0) is 59.8. The number of benzene rings is 5. The van der Waals surface area contributed by atoms with Crippen LogP contribution in [0.15, 0.2) is 164 Å². The predicted octanol–water partition coefficient (Wildman–Crippen LogP) is 10.9. The molecule has 0 aliphatic rings. The standard InChI is InChI=1S/C31H21ClF3N5O4.C25H16BrClF3N5O4/c1-43-24-9-7-19(8-10-24)16-40-29(41)26(21-5-3-2-4-6-21)14-23(38-40)17-39-18-37-28(31(33,34)35)27(30(39)42)44-25-12-20(15-36)11-22(32)13-25;1-38-18-4-2-14(3-5-18)11-35-23(36)20(26)9-17(33-35)12-34-13-32-22(25(28,29)30)21(24(34)37)39-19-7-15(10-31)6-16(27)8-19/h2-14,18H,16-17H2,1H3;2-9,13H,11-12H2,1H3. The summed E-state index contributed by atoms with van der Waals surface area (Å²) in [5.41, 5.74) is -3.57. The molecule has 0 unspecified atom stereocenters. The van der Waals surface area contributed by atoms with Crippen molar-refractivity contribution in [1.82, 2.24) is 38.7 Å². The molecule has 5 aromatic carbocycles. The maximum atomic E-state index is 13.9. The molecule has 0 spiro atoms. The van der Waals surface area contributed by atoms with Crippen LogP contribution in [0.1, 0.15) is 45.0 Å². The summed E-state index contributed by atoms with van der Waals surface area (Å²) >= 11 is 15.1. The van der Waals surface area contributed by atoms with Crippen LogP contribution in [0, 0.1) is 22.7 Å². The van der Waals surface area contributed by atoms with Crippen molar-refractivity contribution in [1.29, 1.82) is 10.5 Å². The lowest BCUT2D eigenvalue weighted by Gasteiger charge is -2.16. The highest BCUT2D eigenvalue weighted by Crippen LogP contribution is 2.37. The Balaban J connectivity index is 0.000000219. The van der Waals surface area contributed by atoms with E-state index in [1.807, 2.05) is 6.07 Å². The van der Waals surface area contributed by atoms with E-state index in [0.29, 0.717) is 23.4 Å². The second-order valence-corrected chi connectivity index (χ2v) is 19.2. The number of alkyl halides is 6. The summed E-state index contributed by atoms with van der Waals surface area (Å²) in [4.78, 5) is 59.6. The average Bonchev–Trinajstić information content (AvgIpc) is 3.58. The summed E-state index contributed by atoms with van der Waals surface area (Å²) in [5.74, 6) is -1.48. The summed E-state index contributed by atoms with van der Waals surface area (Å²) in [5, 5.41) is 27.1. The smallest absolute Gasteiger partial charge is 0.437 e. The number of halogens is 9. The number of nitriles is 2. The number of hydrogen-bond acceptors (Lipinski definition) is 14. The molecule has 83 heavy (non-hydrogen) atoms. The van der Waals surface area contributed by atoms with E-state index < -0.39 is 57.5 Å². The van der Waals surface area contributed by atoms with Crippen LogP contribution in [-0.4, -0.2) is 52.9 Å². The van der Waals surface area contributed by atoms with E-state index in [-0.39, 0.29) is 80.3 Å². The van der Waals surface area contributed by atoms with Gasteiger partial charge in [-0.25, -0.2) is 19.3 Å². The topological polar surface area (TPSA) is 224 Å². The summed E-state index contributed by atoms with van der Waals surface area (Å²) < 4.78 is 108. The fourth-order valence-electron chi connectivity index (χ4n) is 7.87. The molecule has 9 aromatic rings. The molecule has 18 nitrogen and oxygen atoms in total. The second-order valence-electron chi connectivity index (χ2n) is 17.5. The van der Waals surface area contributed by atoms with Crippen LogP contribution in [0.2, 0.25) is 10.0 Å². The zero-order valence-electron chi connectivity index (χ0n) is 42.7. The van der Waals surface area contributed by atoms with Crippen molar-refractivity contribution < 1.29 is 45.3 Å². The number of methoxy groups -OCH3 is 2. The highest BCUT2D eigenvalue weighted by Gasteiger charge is 2.40. The van der Waals surface area contributed by atoms with Gasteiger partial charge in [-0.3, -0.25) is 28.3 Å². The molecule has 27 heteroatoms. The molecule has 422 valence electrons. The molecule has 4 aromatic heterocycles. The minimum absolute atomic E-state index is 0.0158. The van der Waals surface area contributed by atoms with Gasteiger partial charge in [0.05, 0.1) is 97.7 Å². The molecule has 9 rings (SSSR count). The third-order valence-corrected chi connectivity index (χ3v) is 12.7. The summed E-state index contributed by atoms with van der Waals surface area (Å²) in [6.45, 7) is -0.524. The molecule has 0 aliphatic heterocycles. The Morgan fingerprint density at radius 2 is 0.952 bits per heavy atom. The van der Waals surface area contributed by atoms with Crippen LogP contribution in [0.3, 0.4) is 0 Å². The molecular formula is C56H37BrCl2F6N10O8. The first-order valence-corrected chi connectivity index (χ1v) is 25.4. The predicted molar refractivity (Wildman–Crippen MR) is 292 cm³/mol. The van der Waals surface area contributed by atoms with E-state index in [9.17, 15) is 50.8 Å². The number of ether oxygens (including phenoxy) is 4. The Labute approximate surface area is 482 Å². The summed E-state index contributed by atoms with van der Waals surface area (Å²) in [6.07, 6.45) is -8.60. The molecule has 0 radical (unpaired) electrons. The molecule has 0 fully saturated rings. The molecule has 0 saturated carbocycles. The highest BCUT2D eigenvalue weighted by molar-refractivity contribution is 9.10. The van der Waals surface area contributed by atoms with Gasteiger partial charge in [-0.15, -0.1) is 0 Å². The normalized spacial score (nSPS) is 11.2. The maximum absolute atomic E-state index is 13.9. The largest absolute Gasteiger partial charge is 0.497 e. The van der Waals surface area contributed by atoms with Gasteiger partial charge < -0.3 is 18.9 Å². The molecule has 4 heterocycles. The number of aromatic nitrogens is 8. The van der Waals surface area contributed by atoms with Gasteiger partial charge in [-0.1, -0.05) is 77.8 Å². The first-order valence-electron chi connectivity index (χ1n) is 23.8. The van der Waals surface area contributed by atoms with Crippen molar-refractivity contribution in [2.75, 3.05) is 14.2 Å². The van der Waals surface area contributed by atoms with Crippen LogP contribution in [0.5, 0.6) is 34.5 Å². The van der Waals surface area contributed by atoms with Gasteiger partial charge in [0.25, 0.3) is 22.2 Å². The molecule has 0 saturated heterocycles. The third kappa shape index (κ3) is 14.7. The monoisotopic (exact) mass is 1240 g/mol. The maximum Gasteiger partial charge on any atom is 0.437 e. The van der Waals surface area contributed by atoms with Crippen LogP contribution in [0.4, 0.5) is 26.3 Å². The van der Waals surface area contributed by atoms with E-state index in [1.54, 1.807) is 84.9 Å². The third-order valence-electron chi connectivity index (χ3n) is 11.7. The Kier molecular flexibility index (Phi) is 18.3. The van der Waals surface area contributed by atoms with Crippen molar-refractivity contribution in [2.45, 2.75) is 38.5 Å². The first-order chi connectivity index (χ1) is 39.5. The summed E-state index contributed by atoms with van der Waals surface area (Å²) in [6, 6.07) is 36.3. The molecule has 0 aliphatic carbocycles. The van der Waals surface area contributed by atoms with Crippen LogP contribution >= 0.6 is 39.1 Å². The number of nitrogens with zero attached hydrogens (tertiary/aromatic N) is 10. The van der Waals surface area contributed by atoms with Crippen LogP contribution in [0.25, 0.3) is 11.1 Å². The van der Waals surface area contributed by atoms with Gasteiger partial charge in [0.2, 0.25) is 11.5 Å². The fraction of sp³-hybridized carbons (Fsp3) is 0.143. The Morgan fingerprint density at radius 1 is 0.530 bits per heavy atom. The van der Waals surface area contributed by atoms with E-state index in [2.05, 4.69) is 36.1 Å². The first kappa shape index (κ1) is 59.6. The lowest BCUT2D eigenvalue weighted by atomic mass is 10.1. The lowest BCUT2D eigenvalue weighted by molar-refractivity contribution is -0.143. The quantitative estimate of drug-likeness (QED) is 0.0871. The van der Waals surface area contributed by atoms with Gasteiger partial charge in [-0.2, -0.15) is 47.1 Å². The van der Waals surface area contributed by atoms with E-state index in [4.69, 9.17) is 47.4 Å². The van der Waals surface area contributed by atoms with E-state index in [1.165, 1.54) is 49.2 Å². The number of hydrogen-bond donors (Lipinski definition) is 0. The van der Waals surface area contributed by atoms with E-state index in [0.717, 1.165) is 49.5 Å².